The van der Waals surface area contributed by atoms with Crippen molar-refractivity contribution in [1.82, 2.24) is 10.0 Å². The highest BCUT2D eigenvalue weighted by molar-refractivity contribution is 9.10. The van der Waals surface area contributed by atoms with Gasteiger partial charge in [-0.05, 0) is 24.6 Å². The lowest BCUT2D eigenvalue weighted by Crippen LogP contribution is -2.52. The summed E-state index contributed by atoms with van der Waals surface area (Å²) in [5.74, 6) is -2.12. The Morgan fingerprint density at radius 1 is 1.35 bits per heavy atom. The SMILES string of the molecule is O=C1CCC(NS(=O)(=O)c2ccc(Br)cc2F)C(=O)N1. The van der Waals surface area contributed by atoms with Gasteiger partial charge in [0, 0.05) is 10.9 Å². The van der Waals surface area contributed by atoms with E-state index >= 15 is 0 Å². The Balaban J connectivity index is 2.23. The van der Waals surface area contributed by atoms with E-state index in [-0.39, 0.29) is 12.8 Å². The number of rotatable bonds is 3. The molecule has 2 amide bonds. The van der Waals surface area contributed by atoms with E-state index in [2.05, 4.69) is 20.7 Å². The van der Waals surface area contributed by atoms with Crippen molar-refractivity contribution in [2.75, 3.05) is 0 Å². The lowest BCUT2D eigenvalue weighted by molar-refractivity contribution is -0.134. The molecule has 0 aromatic heterocycles. The zero-order valence-corrected chi connectivity index (χ0v) is 12.4. The first-order valence-corrected chi connectivity index (χ1v) is 7.88. The first-order valence-electron chi connectivity index (χ1n) is 5.60. The van der Waals surface area contributed by atoms with E-state index in [0.29, 0.717) is 4.47 Å². The van der Waals surface area contributed by atoms with Gasteiger partial charge in [0.15, 0.2) is 0 Å². The summed E-state index contributed by atoms with van der Waals surface area (Å²) in [4.78, 5) is 21.9. The molecule has 1 aliphatic rings. The van der Waals surface area contributed by atoms with Crippen molar-refractivity contribution < 1.29 is 22.4 Å². The predicted molar refractivity (Wildman–Crippen MR) is 70.6 cm³/mol. The maximum atomic E-state index is 13.7. The monoisotopic (exact) mass is 364 g/mol. The number of hydrogen-bond acceptors (Lipinski definition) is 4. The number of sulfonamides is 1. The summed E-state index contributed by atoms with van der Waals surface area (Å²) in [6.45, 7) is 0. The molecule has 1 aliphatic heterocycles. The van der Waals surface area contributed by atoms with Crippen LogP contribution in [0.15, 0.2) is 27.6 Å². The Kier molecular flexibility index (Phi) is 4.21. The van der Waals surface area contributed by atoms with Crippen LogP contribution in [0.5, 0.6) is 0 Å². The summed E-state index contributed by atoms with van der Waals surface area (Å²) in [5, 5.41) is 2.02. The van der Waals surface area contributed by atoms with E-state index in [0.717, 1.165) is 12.1 Å². The van der Waals surface area contributed by atoms with Gasteiger partial charge < -0.3 is 0 Å². The van der Waals surface area contributed by atoms with Crippen molar-refractivity contribution in [2.45, 2.75) is 23.8 Å². The average molecular weight is 365 g/mol. The van der Waals surface area contributed by atoms with Crippen LogP contribution in [-0.2, 0) is 19.6 Å². The van der Waals surface area contributed by atoms with Crippen molar-refractivity contribution in [3.05, 3.63) is 28.5 Å². The molecule has 0 spiro atoms. The number of amides is 2. The van der Waals surface area contributed by atoms with Crippen molar-refractivity contribution in [2.24, 2.45) is 0 Å². The Bertz CT molecular complexity index is 677. The van der Waals surface area contributed by atoms with E-state index in [1.54, 1.807) is 0 Å². The van der Waals surface area contributed by atoms with E-state index in [4.69, 9.17) is 0 Å². The standard InChI is InChI=1S/C11H10BrFN2O4S/c12-6-1-3-9(7(13)5-6)20(18,19)15-8-2-4-10(16)14-11(8)17/h1,3,5,8,15H,2,4H2,(H,14,16,17). The van der Waals surface area contributed by atoms with E-state index < -0.39 is 38.6 Å². The molecule has 0 bridgehead atoms. The summed E-state index contributed by atoms with van der Waals surface area (Å²) >= 11 is 3.02. The number of imide groups is 1. The minimum Gasteiger partial charge on any atom is -0.295 e. The molecule has 108 valence electrons. The van der Waals surface area contributed by atoms with Crippen LogP contribution in [0.3, 0.4) is 0 Å². The molecule has 1 saturated heterocycles. The molecule has 1 aromatic carbocycles. The number of benzene rings is 1. The highest BCUT2D eigenvalue weighted by atomic mass is 79.9. The summed E-state index contributed by atoms with van der Waals surface area (Å²) in [6, 6.07) is 2.40. The largest absolute Gasteiger partial charge is 0.295 e. The van der Waals surface area contributed by atoms with Crippen molar-refractivity contribution in [3.63, 3.8) is 0 Å². The van der Waals surface area contributed by atoms with E-state index in [1.807, 2.05) is 5.32 Å². The number of halogens is 2. The fraction of sp³-hybridized carbons (Fsp3) is 0.273. The number of hydrogen-bond donors (Lipinski definition) is 2. The van der Waals surface area contributed by atoms with Crippen LogP contribution in [0.1, 0.15) is 12.8 Å². The molecule has 1 atom stereocenters. The van der Waals surface area contributed by atoms with Crippen molar-refractivity contribution >= 4 is 37.8 Å². The van der Waals surface area contributed by atoms with Crippen LogP contribution in [0.2, 0.25) is 0 Å². The Hall–Kier alpha value is -1.32. The first-order chi connectivity index (χ1) is 9.29. The predicted octanol–water partition coefficient (Wildman–Crippen LogP) is 0.672. The first kappa shape index (κ1) is 15.1. The topological polar surface area (TPSA) is 92.3 Å². The molecule has 1 unspecified atom stereocenters. The number of carbonyl (C=O) groups excluding carboxylic acids is 2. The highest BCUT2D eigenvalue weighted by Crippen LogP contribution is 2.20. The minimum atomic E-state index is -4.18. The molecule has 2 rings (SSSR count). The minimum absolute atomic E-state index is 0.0295. The van der Waals surface area contributed by atoms with Gasteiger partial charge in [0.05, 0.1) is 0 Å². The second kappa shape index (κ2) is 5.58. The second-order valence-electron chi connectivity index (χ2n) is 4.20. The molecular weight excluding hydrogens is 355 g/mol. The van der Waals surface area contributed by atoms with Crippen LogP contribution in [-0.4, -0.2) is 26.3 Å². The molecule has 6 nitrogen and oxygen atoms in total. The third kappa shape index (κ3) is 3.22. The van der Waals surface area contributed by atoms with Gasteiger partial charge in [-0.25, -0.2) is 12.8 Å². The van der Waals surface area contributed by atoms with Gasteiger partial charge in [0.1, 0.15) is 16.8 Å². The number of nitrogens with one attached hydrogen (secondary N) is 2. The zero-order chi connectivity index (χ0) is 14.9. The normalized spacial score (nSPS) is 19.8. The van der Waals surface area contributed by atoms with Gasteiger partial charge in [0.2, 0.25) is 21.8 Å². The van der Waals surface area contributed by atoms with Gasteiger partial charge in [-0.2, -0.15) is 4.72 Å². The molecule has 1 fully saturated rings. The summed E-state index contributed by atoms with van der Waals surface area (Å²) in [6.07, 6.45) is 0.0732. The van der Waals surface area contributed by atoms with E-state index in [9.17, 15) is 22.4 Å². The third-order valence-electron chi connectivity index (χ3n) is 2.72. The molecule has 0 saturated carbocycles. The van der Waals surface area contributed by atoms with Crippen molar-refractivity contribution in [3.8, 4) is 0 Å². The molecule has 20 heavy (non-hydrogen) atoms. The van der Waals surface area contributed by atoms with Gasteiger partial charge in [-0.1, -0.05) is 15.9 Å². The maximum absolute atomic E-state index is 13.7. The summed E-state index contributed by atoms with van der Waals surface area (Å²) in [7, 11) is -4.18. The molecule has 0 aliphatic carbocycles. The Labute approximate surface area is 122 Å². The maximum Gasteiger partial charge on any atom is 0.244 e. The summed E-state index contributed by atoms with van der Waals surface area (Å²) in [5.41, 5.74) is 0. The van der Waals surface area contributed by atoms with Crippen LogP contribution in [0.25, 0.3) is 0 Å². The lowest BCUT2D eigenvalue weighted by atomic mass is 10.1. The molecule has 2 N–H and O–H groups in total. The molecule has 1 heterocycles. The fourth-order valence-electron chi connectivity index (χ4n) is 1.75. The van der Waals surface area contributed by atoms with Gasteiger partial charge in [0.25, 0.3) is 0 Å². The number of piperidine rings is 1. The Morgan fingerprint density at radius 2 is 2.05 bits per heavy atom. The molecule has 0 radical (unpaired) electrons. The molecule has 9 heteroatoms. The summed E-state index contributed by atoms with van der Waals surface area (Å²) < 4.78 is 40.2. The van der Waals surface area contributed by atoms with Crippen LogP contribution in [0.4, 0.5) is 4.39 Å². The van der Waals surface area contributed by atoms with Gasteiger partial charge in [-0.15, -0.1) is 0 Å². The second-order valence-corrected chi connectivity index (χ2v) is 6.80. The smallest absolute Gasteiger partial charge is 0.244 e. The zero-order valence-electron chi connectivity index (χ0n) is 10.0. The van der Waals surface area contributed by atoms with Crippen LogP contribution < -0.4 is 10.0 Å². The Morgan fingerprint density at radius 3 is 2.65 bits per heavy atom. The van der Waals surface area contributed by atoms with Gasteiger partial charge >= 0.3 is 0 Å². The quantitative estimate of drug-likeness (QED) is 0.771. The van der Waals surface area contributed by atoms with Crippen LogP contribution in [0, 0.1) is 5.82 Å². The van der Waals surface area contributed by atoms with Gasteiger partial charge in [-0.3, -0.25) is 14.9 Å². The van der Waals surface area contributed by atoms with Crippen molar-refractivity contribution in [1.29, 1.82) is 0 Å². The average Bonchev–Trinajstić information content (AvgIpc) is 2.32. The lowest BCUT2D eigenvalue weighted by Gasteiger charge is -2.21. The number of carbonyl (C=O) groups is 2. The fourth-order valence-corrected chi connectivity index (χ4v) is 3.37. The van der Waals surface area contributed by atoms with Crippen LogP contribution >= 0.6 is 15.9 Å². The third-order valence-corrected chi connectivity index (χ3v) is 4.72. The van der Waals surface area contributed by atoms with E-state index in [1.165, 1.54) is 6.07 Å². The molecule has 1 aromatic rings. The molecular formula is C11H10BrFN2O4S. The highest BCUT2D eigenvalue weighted by Gasteiger charge is 2.31.